The van der Waals surface area contributed by atoms with E-state index in [9.17, 15) is 4.79 Å². The Morgan fingerprint density at radius 2 is 2.19 bits per heavy atom. The molecule has 9 heteroatoms. The van der Waals surface area contributed by atoms with Gasteiger partial charge < -0.3 is 9.84 Å². The second-order valence-electron chi connectivity index (χ2n) is 7.51. The van der Waals surface area contributed by atoms with Crippen LogP contribution in [0.2, 0.25) is 0 Å². The van der Waals surface area contributed by atoms with E-state index in [1.807, 2.05) is 23.0 Å². The number of benzene rings is 1. The number of aliphatic hydroxyl groups is 1. The number of nitrogens with zero attached hydrogens (tertiary/aromatic N) is 6. The number of carbonyl (C=O) groups is 1. The molecular formula is C22H22N6O3. The van der Waals surface area contributed by atoms with E-state index in [0.717, 1.165) is 42.0 Å². The lowest BCUT2D eigenvalue weighted by atomic mass is 10.1. The standard InChI is InChI=1S/C22H22N6O3/c29-9-7-16-12-24-27(13-16)19-6-8-23-22(25-19)21-17-11-15(14-30)4-5-18(17)28(26-21)20-3-1-2-10-31-20/h4-6,8,11-14,20,29H,1-3,7,9-10H2. The Morgan fingerprint density at radius 3 is 3.00 bits per heavy atom. The zero-order valence-corrected chi connectivity index (χ0v) is 16.9. The molecule has 4 aromatic rings. The molecule has 9 nitrogen and oxygen atoms in total. The zero-order chi connectivity index (χ0) is 21.2. The average Bonchev–Trinajstić information content (AvgIpc) is 3.44. The molecule has 1 atom stereocenters. The van der Waals surface area contributed by atoms with Crippen molar-refractivity contribution in [3.63, 3.8) is 0 Å². The second-order valence-corrected chi connectivity index (χ2v) is 7.51. The molecule has 5 rings (SSSR count). The molecule has 0 saturated carbocycles. The number of ether oxygens (including phenoxy) is 1. The molecule has 31 heavy (non-hydrogen) atoms. The summed E-state index contributed by atoms with van der Waals surface area (Å²) in [5.41, 5.74) is 2.96. The van der Waals surface area contributed by atoms with Crippen LogP contribution in [-0.4, -0.2) is 54.1 Å². The number of fused-ring (bicyclic) bond motifs is 1. The van der Waals surface area contributed by atoms with E-state index < -0.39 is 0 Å². The molecular weight excluding hydrogens is 396 g/mol. The third-order valence-electron chi connectivity index (χ3n) is 5.42. The van der Waals surface area contributed by atoms with Crippen LogP contribution < -0.4 is 0 Å². The topological polar surface area (TPSA) is 108 Å². The first kappa shape index (κ1) is 19.5. The van der Waals surface area contributed by atoms with Crippen LogP contribution in [0.15, 0.2) is 42.9 Å². The molecule has 158 valence electrons. The predicted octanol–water partition coefficient (Wildman–Crippen LogP) is 2.73. The van der Waals surface area contributed by atoms with Crippen molar-refractivity contribution in [1.82, 2.24) is 29.5 Å². The molecule has 0 amide bonds. The van der Waals surface area contributed by atoms with E-state index in [1.165, 1.54) is 0 Å². The van der Waals surface area contributed by atoms with Crippen molar-refractivity contribution in [3.8, 4) is 17.3 Å². The number of rotatable bonds is 6. The number of hydrogen-bond donors (Lipinski definition) is 1. The first-order valence-corrected chi connectivity index (χ1v) is 10.3. The lowest BCUT2D eigenvalue weighted by Gasteiger charge is -2.23. The van der Waals surface area contributed by atoms with Crippen molar-refractivity contribution in [3.05, 3.63) is 54.0 Å². The van der Waals surface area contributed by atoms with Gasteiger partial charge in [0.15, 0.2) is 17.9 Å². The molecule has 1 N–H and O–H groups in total. The van der Waals surface area contributed by atoms with Crippen LogP contribution in [0.3, 0.4) is 0 Å². The summed E-state index contributed by atoms with van der Waals surface area (Å²) in [5, 5.41) is 19.1. The zero-order valence-electron chi connectivity index (χ0n) is 16.9. The van der Waals surface area contributed by atoms with Gasteiger partial charge in [0.25, 0.3) is 0 Å². The van der Waals surface area contributed by atoms with Gasteiger partial charge in [-0.05, 0) is 49.4 Å². The van der Waals surface area contributed by atoms with Gasteiger partial charge in [-0.2, -0.15) is 10.2 Å². The van der Waals surface area contributed by atoms with Gasteiger partial charge in [-0.1, -0.05) is 0 Å². The minimum atomic E-state index is -0.151. The molecule has 0 radical (unpaired) electrons. The monoisotopic (exact) mass is 418 g/mol. The Balaban J connectivity index is 1.61. The van der Waals surface area contributed by atoms with Gasteiger partial charge in [0, 0.05) is 42.6 Å². The lowest BCUT2D eigenvalue weighted by molar-refractivity contribution is -0.0365. The van der Waals surface area contributed by atoms with Crippen molar-refractivity contribution in [2.45, 2.75) is 31.9 Å². The summed E-state index contributed by atoms with van der Waals surface area (Å²) in [6.07, 6.45) is 9.41. The fraction of sp³-hybridized carbons (Fsp3) is 0.318. The van der Waals surface area contributed by atoms with Gasteiger partial charge >= 0.3 is 0 Å². The van der Waals surface area contributed by atoms with Crippen molar-refractivity contribution >= 4 is 17.2 Å². The highest BCUT2D eigenvalue weighted by atomic mass is 16.5. The summed E-state index contributed by atoms with van der Waals surface area (Å²) in [5.74, 6) is 1.04. The normalized spacial score (nSPS) is 16.6. The van der Waals surface area contributed by atoms with Gasteiger partial charge in [0.2, 0.25) is 0 Å². The maximum atomic E-state index is 11.4. The summed E-state index contributed by atoms with van der Waals surface area (Å²) in [7, 11) is 0. The molecule has 1 unspecified atom stereocenters. The Kier molecular flexibility index (Phi) is 5.27. The number of aldehydes is 1. The van der Waals surface area contributed by atoms with Crippen LogP contribution in [0.1, 0.15) is 41.4 Å². The van der Waals surface area contributed by atoms with Crippen LogP contribution >= 0.6 is 0 Å². The van der Waals surface area contributed by atoms with Crippen molar-refractivity contribution < 1.29 is 14.6 Å². The van der Waals surface area contributed by atoms with E-state index >= 15 is 0 Å². The quantitative estimate of drug-likeness (QED) is 0.480. The van der Waals surface area contributed by atoms with Gasteiger partial charge in [-0.25, -0.2) is 19.3 Å². The third kappa shape index (κ3) is 3.73. The number of hydrogen-bond acceptors (Lipinski definition) is 7. The van der Waals surface area contributed by atoms with Gasteiger partial charge in [-0.15, -0.1) is 0 Å². The SMILES string of the molecule is O=Cc1ccc2c(c1)c(-c1nccc(-n3cc(CCO)cn3)n1)nn2C1CCCCO1. The van der Waals surface area contributed by atoms with Gasteiger partial charge in [0.05, 0.1) is 11.7 Å². The first-order valence-electron chi connectivity index (χ1n) is 10.3. The molecule has 1 aliphatic heterocycles. The molecule has 1 saturated heterocycles. The molecule has 1 aliphatic rings. The summed E-state index contributed by atoms with van der Waals surface area (Å²) in [4.78, 5) is 20.5. The van der Waals surface area contributed by atoms with E-state index in [0.29, 0.717) is 35.9 Å². The smallest absolute Gasteiger partial charge is 0.182 e. The van der Waals surface area contributed by atoms with Gasteiger partial charge in [0.1, 0.15) is 12.0 Å². The molecule has 0 aliphatic carbocycles. The molecule has 1 fully saturated rings. The van der Waals surface area contributed by atoms with E-state index in [-0.39, 0.29) is 12.8 Å². The molecule has 3 aromatic heterocycles. The van der Waals surface area contributed by atoms with Crippen LogP contribution in [0.5, 0.6) is 0 Å². The van der Waals surface area contributed by atoms with Crippen molar-refractivity contribution in [2.75, 3.05) is 13.2 Å². The molecule has 0 spiro atoms. The predicted molar refractivity (Wildman–Crippen MR) is 113 cm³/mol. The summed E-state index contributed by atoms with van der Waals surface area (Å²) >= 11 is 0. The Bertz CT molecular complexity index is 1230. The fourth-order valence-electron chi connectivity index (χ4n) is 3.87. The number of aliphatic hydroxyl groups excluding tert-OH is 1. The van der Waals surface area contributed by atoms with E-state index in [1.54, 1.807) is 29.2 Å². The Labute approximate surface area is 178 Å². The second kappa shape index (κ2) is 8.37. The highest BCUT2D eigenvalue weighted by molar-refractivity contribution is 5.95. The third-order valence-corrected chi connectivity index (χ3v) is 5.42. The average molecular weight is 418 g/mol. The Morgan fingerprint density at radius 1 is 1.26 bits per heavy atom. The van der Waals surface area contributed by atoms with Gasteiger partial charge in [-0.3, -0.25) is 4.79 Å². The minimum Gasteiger partial charge on any atom is -0.396 e. The number of carbonyl (C=O) groups excluding carboxylic acids is 1. The first-order chi connectivity index (χ1) is 15.3. The highest BCUT2D eigenvalue weighted by Crippen LogP contribution is 2.32. The highest BCUT2D eigenvalue weighted by Gasteiger charge is 2.23. The van der Waals surface area contributed by atoms with Crippen LogP contribution in [0.4, 0.5) is 0 Å². The lowest BCUT2D eigenvalue weighted by Crippen LogP contribution is -2.19. The minimum absolute atomic E-state index is 0.0619. The van der Waals surface area contributed by atoms with Crippen molar-refractivity contribution in [1.29, 1.82) is 0 Å². The van der Waals surface area contributed by atoms with Crippen LogP contribution in [0.25, 0.3) is 28.2 Å². The van der Waals surface area contributed by atoms with Crippen LogP contribution in [0, 0.1) is 0 Å². The summed E-state index contributed by atoms with van der Waals surface area (Å²) in [6, 6.07) is 7.25. The largest absolute Gasteiger partial charge is 0.396 e. The van der Waals surface area contributed by atoms with E-state index in [2.05, 4.69) is 15.1 Å². The van der Waals surface area contributed by atoms with Crippen molar-refractivity contribution in [2.24, 2.45) is 0 Å². The summed E-state index contributed by atoms with van der Waals surface area (Å²) < 4.78 is 9.48. The summed E-state index contributed by atoms with van der Waals surface area (Å²) in [6.45, 7) is 0.766. The Hall–Kier alpha value is -3.43. The number of aromatic nitrogens is 6. The maximum Gasteiger partial charge on any atom is 0.182 e. The molecule has 1 aromatic carbocycles. The molecule has 0 bridgehead atoms. The van der Waals surface area contributed by atoms with Crippen LogP contribution in [-0.2, 0) is 11.2 Å². The molecule has 4 heterocycles. The van der Waals surface area contributed by atoms with E-state index in [4.69, 9.17) is 14.9 Å². The fourth-order valence-corrected chi connectivity index (χ4v) is 3.87. The maximum absolute atomic E-state index is 11.4.